The van der Waals surface area contributed by atoms with Crippen LogP contribution in [0.25, 0.3) is 0 Å². The third-order valence-electron chi connectivity index (χ3n) is 16.3. The number of halogens is 1. The number of aryl methyl sites for hydroxylation is 1. The van der Waals surface area contributed by atoms with Gasteiger partial charge in [0.1, 0.15) is 42.3 Å². The number of hydrogen-bond donors (Lipinski definition) is 5. The summed E-state index contributed by atoms with van der Waals surface area (Å²) in [5.41, 5.74) is 6.30. The molecule has 10 atom stereocenters. The number of carbonyl (C=O) groups is 9. The molecule has 4 bridgehead atoms. The Morgan fingerprint density at radius 3 is 2.34 bits per heavy atom. The molecule has 0 saturated carbocycles. The van der Waals surface area contributed by atoms with Crippen molar-refractivity contribution in [2.75, 3.05) is 46.2 Å². The lowest BCUT2D eigenvalue weighted by atomic mass is 9.83. The van der Waals surface area contributed by atoms with Crippen LogP contribution in [0.3, 0.4) is 0 Å². The molecule has 3 heterocycles. The minimum Gasteiger partial charge on any atom is -0.457 e. The lowest BCUT2D eigenvalue weighted by molar-refractivity contribution is -0.162. The zero-order chi connectivity index (χ0) is 63.1. The van der Waals surface area contributed by atoms with Crippen LogP contribution in [-0.2, 0) is 71.9 Å². The normalized spacial score (nSPS) is 24.4. The Balaban J connectivity index is 1.19. The number of primary amides is 1. The van der Waals surface area contributed by atoms with Crippen molar-refractivity contribution in [3.05, 3.63) is 87.5 Å². The lowest BCUT2D eigenvalue weighted by Crippen LogP contribution is -2.63. The summed E-state index contributed by atoms with van der Waals surface area (Å²) >= 11 is 6.84. The van der Waals surface area contributed by atoms with Crippen LogP contribution in [0, 0.1) is 24.7 Å². The molecule has 0 aliphatic carbocycles. The van der Waals surface area contributed by atoms with Gasteiger partial charge in [0, 0.05) is 85.3 Å². The summed E-state index contributed by atoms with van der Waals surface area (Å²) < 4.78 is 29.4. The number of carbonyl (C=O) groups excluding carboxylic acids is 9. The molecule has 2 aromatic rings. The molecule has 85 heavy (non-hydrogen) atoms. The molecule has 1 unspecified atom stereocenters. The number of likely N-dealkylation sites (N-methyl/N-ethyl adjacent to an activating group) is 1. The standard InChI is InChI=1S/C62H88ClN7O15/c1-13-17-44(71)32-45(36(2)3)56(75)66-46(19-15-26-65-58(64)77)48(72)31-41-22-24-42(25-23-41)35-82-60(79)68(9)27-16-21-52(73)69(10)40(7)57(76)84-51-33-53(74)70(11)47-30-43(29-38(5)54(47)63)28-37(4)18-14-20-50(81-12)62(80)34-49(83-59(78)67-62)39(6)55-61(51,8)85-55/h14,18,20,22-25,29-30,36,39-40,45-46,49-51,55,80H,13,15-17,19,21,26-28,31-35H2,1-12H3,(H,66,75)(H,67,78)(H3,64,65,77)/b20-14+,37-18+/t39-,40+,45+,46+,49+,50-,51+,55?,61+,62-/m1/s1. The Morgan fingerprint density at radius 1 is 1.01 bits per heavy atom. The molecule has 23 heteroatoms. The van der Waals surface area contributed by atoms with E-state index in [-0.39, 0.29) is 88.0 Å². The molecule has 7 amide bonds. The highest BCUT2D eigenvalue weighted by Crippen LogP contribution is 2.49. The van der Waals surface area contributed by atoms with E-state index in [9.17, 15) is 48.3 Å². The number of nitrogens with zero attached hydrogens (tertiary/aromatic N) is 3. The minimum absolute atomic E-state index is 0.0205. The maximum Gasteiger partial charge on any atom is 0.409 e. The number of ether oxygens (including phenoxy) is 5. The van der Waals surface area contributed by atoms with Crippen LogP contribution in [0.2, 0.25) is 5.02 Å². The van der Waals surface area contributed by atoms with Gasteiger partial charge in [-0.1, -0.05) is 93.4 Å². The van der Waals surface area contributed by atoms with Gasteiger partial charge in [0.05, 0.1) is 29.3 Å². The van der Waals surface area contributed by atoms with Gasteiger partial charge >= 0.3 is 24.2 Å². The van der Waals surface area contributed by atoms with Crippen LogP contribution < -0.4 is 26.6 Å². The fourth-order valence-electron chi connectivity index (χ4n) is 10.7. The lowest BCUT2D eigenvalue weighted by Gasteiger charge is -2.42. The van der Waals surface area contributed by atoms with Gasteiger partial charge in [-0.25, -0.2) is 19.2 Å². The molecule has 468 valence electrons. The van der Waals surface area contributed by atoms with E-state index in [1.54, 1.807) is 57.3 Å². The van der Waals surface area contributed by atoms with E-state index in [4.69, 9.17) is 41.0 Å². The van der Waals surface area contributed by atoms with Crippen LogP contribution in [0.4, 0.5) is 20.1 Å². The Kier molecular flexibility index (Phi) is 25.1. The molecule has 2 fully saturated rings. The molecule has 2 aromatic carbocycles. The highest BCUT2D eigenvalue weighted by atomic mass is 35.5. The number of nitrogens with two attached hydrogens (primary N) is 1. The molecule has 3 aliphatic heterocycles. The van der Waals surface area contributed by atoms with Crippen molar-refractivity contribution in [3.63, 3.8) is 0 Å². The van der Waals surface area contributed by atoms with Crippen molar-refractivity contribution in [2.24, 2.45) is 23.5 Å². The van der Waals surface area contributed by atoms with Gasteiger partial charge in [0.15, 0.2) is 11.5 Å². The number of amides is 7. The average Bonchev–Trinajstić information content (AvgIpc) is 1.65. The summed E-state index contributed by atoms with van der Waals surface area (Å²) in [5, 5.41) is 20.1. The minimum atomic E-state index is -1.88. The number of aliphatic hydroxyl groups is 1. The van der Waals surface area contributed by atoms with Gasteiger partial charge in [-0.15, -0.1) is 0 Å². The third kappa shape index (κ3) is 19.1. The van der Waals surface area contributed by atoms with Gasteiger partial charge in [0.25, 0.3) is 0 Å². The van der Waals surface area contributed by atoms with Crippen molar-refractivity contribution in [1.29, 1.82) is 0 Å². The molecule has 6 N–H and O–H groups in total. The second-order valence-electron chi connectivity index (χ2n) is 23.4. The zero-order valence-corrected chi connectivity index (χ0v) is 52.0. The number of Topliss-reactive ketones (excluding diaryl/α,β-unsaturated/α-hetero) is 2. The van der Waals surface area contributed by atoms with Crippen LogP contribution in [0.15, 0.2) is 60.2 Å². The molecular formula is C62H88ClN7O15. The van der Waals surface area contributed by atoms with E-state index in [0.717, 1.165) is 16.7 Å². The van der Waals surface area contributed by atoms with Gasteiger partial charge in [-0.3, -0.25) is 29.3 Å². The monoisotopic (exact) mass is 1210 g/mol. The number of epoxide rings is 1. The number of urea groups is 1. The van der Waals surface area contributed by atoms with Gasteiger partial charge in [-0.2, -0.15) is 0 Å². The van der Waals surface area contributed by atoms with Crippen LogP contribution in [0.1, 0.15) is 129 Å². The Labute approximate surface area is 504 Å². The first-order valence-electron chi connectivity index (χ1n) is 29.1. The summed E-state index contributed by atoms with van der Waals surface area (Å²) in [6.45, 7) is 14.6. The quantitative estimate of drug-likeness (QED) is 0.0308. The van der Waals surface area contributed by atoms with Crippen molar-refractivity contribution < 1.29 is 71.9 Å². The molecule has 2 saturated heterocycles. The van der Waals surface area contributed by atoms with Crippen molar-refractivity contribution in [1.82, 2.24) is 25.8 Å². The van der Waals surface area contributed by atoms with Crippen LogP contribution >= 0.6 is 11.6 Å². The number of ketones is 2. The van der Waals surface area contributed by atoms with Crippen molar-refractivity contribution in [2.45, 2.75) is 180 Å². The maximum absolute atomic E-state index is 14.4. The fraction of sp³-hybridized carbons (Fsp3) is 0.597. The van der Waals surface area contributed by atoms with Gasteiger partial charge < -0.3 is 59.9 Å². The number of benzene rings is 2. The third-order valence-corrected chi connectivity index (χ3v) is 16.8. The topological polar surface area (TPSA) is 295 Å². The Morgan fingerprint density at radius 2 is 1.69 bits per heavy atom. The predicted octanol–water partition coefficient (Wildman–Crippen LogP) is 6.94. The smallest absolute Gasteiger partial charge is 0.409 e. The van der Waals surface area contributed by atoms with E-state index in [2.05, 4.69) is 16.0 Å². The number of rotatable bonds is 24. The van der Waals surface area contributed by atoms with E-state index in [1.807, 2.05) is 52.8 Å². The average molecular weight is 1210 g/mol. The Bertz CT molecular complexity index is 2810. The number of alkyl carbamates (subject to hydrolysis) is 1. The SMILES string of the molecule is CCCC(=O)C[C@H](C(=O)N[C@@H](CCCNC(N)=O)C(=O)Cc1ccc(COC(=O)N(C)CCCC(=O)N(C)[C@@H](C)C(=O)O[C@H]2CC(=O)N(C)c3cc(cc(C)c3Cl)C/C(C)=C/C=C/[C@@H](OC)[C@]3(O)C[C@H](OC(=O)N3)[C@@H](C)C3O[C@]32C)cc1)C(C)C. The second kappa shape index (κ2) is 31.0. The molecule has 5 rings (SSSR count). The summed E-state index contributed by atoms with van der Waals surface area (Å²) in [6.07, 6.45) is 1.75. The van der Waals surface area contributed by atoms with E-state index < -0.39 is 95.7 Å². The molecule has 0 spiro atoms. The number of anilines is 1. The fourth-order valence-corrected chi connectivity index (χ4v) is 10.9. The summed E-state index contributed by atoms with van der Waals surface area (Å²) in [4.78, 5) is 123. The predicted molar refractivity (Wildman–Crippen MR) is 318 cm³/mol. The summed E-state index contributed by atoms with van der Waals surface area (Å²) in [5.74, 6) is -3.71. The molecule has 0 radical (unpaired) electrons. The van der Waals surface area contributed by atoms with Crippen LogP contribution in [0.5, 0.6) is 0 Å². The number of methoxy groups -OCH3 is 1. The summed E-state index contributed by atoms with van der Waals surface area (Å²) in [7, 11) is 5.98. The van der Waals surface area contributed by atoms with E-state index >= 15 is 0 Å². The van der Waals surface area contributed by atoms with Gasteiger partial charge in [0.2, 0.25) is 17.7 Å². The van der Waals surface area contributed by atoms with Crippen LogP contribution in [-0.4, -0.2) is 158 Å². The number of nitrogens with one attached hydrogen (secondary N) is 3. The first kappa shape index (κ1) is 68.9. The van der Waals surface area contributed by atoms with Gasteiger partial charge in [-0.05, 0) is 94.0 Å². The van der Waals surface area contributed by atoms with E-state index in [1.165, 1.54) is 42.8 Å². The first-order chi connectivity index (χ1) is 40.0. The summed E-state index contributed by atoms with van der Waals surface area (Å²) in [6, 6.07) is 7.90. The highest BCUT2D eigenvalue weighted by molar-refractivity contribution is 6.34. The van der Waals surface area contributed by atoms with Crippen molar-refractivity contribution in [3.8, 4) is 0 Å². The van der Waals surface area contributed by atoms with Crippen molar-refractivity contribution >= 4 is 70.8 Å². The molecule has 22 nitrogen and oxygen atoms in total. The maximum atomic E-state index is 14.4. The highest BCUT2D eigenvalue weighted by Gasteiger charge is 2.64. The number of hydrogen-bond acceptors (Lipinski definition) is 15. The number of fused-ring (bicyclic) bond motifs is 5. The largest absolute Gasteiger partial charge is 0.457 e. The Hall–Kier alpha value is -6.88. The molecule has 3 aliphatic rings. The second-order valence-corrected chi connectivity index (χ2v) is 23.8. The number of esters is 1. The molecular weight excluding hydrogens is 1120 g/mol. The first-order valence-corrected chi connectivity index (χ1v) is 29.5. The zero-order valence-electron chi connectivity index (χ0n) is 51.3. The molecule has 0 aromatic heterocycles. The van der Waals surface area contributed by atoms with E-state index in [0.29, 0.717) is 47.5 Å². The number of allylic oxidation sites excluding steroid dienone is 3.